The van der Waals surface area contributed by atoms with Gasteiger partial charge in [0, 0.05) is 37.2 Å². The first-order valence-corrected chi connectivity index (χ1v) is 19.5. The second-order valence-electron chi connectivity index (χ2n) is 13.0. The highest BCUT2D eigenvalue weighted by Gasteiger charge is 2.19. The summed E-state index contributed by atoms with van der Waals surface area (Å²) in [6, 6.07) is 22.1. The van der Waals surface area contributed by atoms with Gasteiger partial charge >= 0.3 is 5.97 Å². The lowest BCUT2D eigenvalue weighted by Gasteiger charge is -2.19. The molecule has 308 valence electrons. The molecule has 4 N–H and O–H groups in total. The summed E-state index contributed by atoms with van der Waals surface area (Å²) in [7, 11) is 1.59. The number of carboxylic acid groups (broad SMARTS) is 1. The molecule has 3 aromatic carbocycles. The number of carbonyl (C=O) groups is 3. The summed E-state index contributed by atoms with van der Waals surface area (Å²) < 4.78 is 33.3. The number of carboxylic acids is 1. The zero-order chi connectivity index (χ0) is 40.5. The van der Waals surface area contributed by atoms with Crippen molar-refractivity contribution in [2.24, 2.45) is 0 Å². The zero-order valence-corrected chi connectivity index (χ0v) is 33.0. The van der Waals surface area contributed by atoms with Crippen LogP contribution in [0.15, 0.2) is 79.0 Å². The third kappa shape index (κ3) is 16.4. The lowest BCUT2D eigenvalue weighted by atomic mass is 9.95. The van der Waals surface area contributed by atoms with Crippen LogP contribution in [0.1, 0.15) is 50.6 Å². The van der Waals surface area contributed by atoms with Gasteiger partial charge in [-0.25, -0.2) is 4.98 Å². The fourth-order valence-corrected chi connectivity index (χ4v) is 5.86. The van der Waals surface area contributed by atoms with Crippen LogP contribution in [0.5, 0.6) is 11.5 Å². The molecule has 0 saturated heterocycles. The molecule has 0 radical (unpaired) electrons. The monoisotopic (exact) mass is 788 g/mol. The van der Waals surface area contributed by atoms with Crippen molar-refractivity contribution in [2.75, 3.05) is 85.0 Å². The minimum absolute atomic E-state index is 0.250. The van der Waals surface area contributed by atoms with Crippen LogP contribution >= 0.6 is 0 Å². The van der Waals surface area contributed by atoms with Crippen LogP contribution in [-0.2, 0) is 33.3 Å². The van der Waals surface area contributed by atoms with Gasteiger partial charge in [-0.1, -0.05) is 61.5 Å². The number of nitrogens with one attached hydrogen (secondary N) is 3. The van der Waals surface area contributed by atoms with Crippen LogP contribution in [0.3, 0.4) is 0 Å². The van der Waals surface area contributed by atoms with E-state index < -0.39 is 17.9 Å². The SMILES string of the molecule is CCCOCCOCCOCCOCCOc1ccc(-c2ccc(C(CC(=O)O)NC(=O)CNC(=O)CCCCNc3cc(OC)ccn3)cc2)c2ccccc12. The Labute approximate surface area is 334 Å². The number of amides is 2. The summed E-state index contributed by atoms with van der Waals surface area (Å²) in [5.74, 6) is 0.332. The maximum Gasteiger partial charge on any atom is 0.305 e. The summed E-state index contributed by atoms with van der Waals surface area (Å²) in [5.41, 5.74) is 2.53. The van der Waals surface area contributed by atoms with Gasteiger partial charge in [-0.05, 0) is 53.5 Å². The lowest BCUT2D eigenvalue weighted by Crippen LogP contribution is -2.39. The molecule has 4 aromatic rings. The molecule has 0 bridgehead atoms. The van der Waals surface area contributed by atoms with Crippen LogP contribution < -0.4 is 25.4 Å². The van der Waals surface area contributed by atoms with E-state index in [2.05, 4.69) is 27.9 Å². The summed E-state index contributed by atoms with van der Waals surface area (Å²) >= 11 is 0. The van der Waals surface area contributed by atoms with Crippen molar-refractivity contribution >= 4 is 34.4 Å². The topological polar surface area (TPSA) is 176 Å². The van der Waals surface area contributed by atoms with Crippen LogP contribution in [0.2, 0.25) is 0 Å². The smallest absolute Gasteiger partial charge is 0.305 e. The van der Waals surface area contributed by atoms with Crippen molar-refractivity contribution in [3.05, 3.63) is 84.6 Å². The normalized spacial score (nSPS) is 11.5. The molecule has 0 aliphatic rings. The standard InChI is InChI=1S/C43H56N4O10/c1-3-20-53-21-22-54-23-24-55-25-26-56-27-28-57-39-16-15-35(36-8-4-5-9-37(36)39)32-11-13-33(14-12-32)38(30-43(50)51)47-42(49)31-46-41(48)10-6-7-18-44-40-29-34(52-2)17-19-45-40/h4-5,8-9,11-17,19,29,38H,3,6-7,10,18,20-28,30-31H2,1-2H3,(H,44,45)(H,46,48)(H,47,49)(H,50,51). The highest BCUT2D eigenvalue weighted by Crippen LogP contribution is 2.35. The van der Waals surface area contributed by atoms with Gasteiger partial charge in [0.05, 0.1) is 72.4 Å². The largest absolute Gasteiger partial charge is 0.497 e. The Morgan fingerprint density at radius 1 is 0.754 bits per heavy atom. The van der Waals surface area contributed by atoms with Crippen molar-refractivity contribution < 1.29 is 47.9 Å². The van der Waals surface area contributed by atoms with Gasteiger partial charge in [-0.3, -0.25) is 14.4 Å². The molecule has 57 heavy (non-hydrogen) atoms. The molecule has 1 unspecified atom stereocenters. The van der Waals surface area contributed by atoms with Crippen LogP contribution in [-0.4, -0.2) is 108 Å². The second kappa shape index (κ2) is 25.8. The Morgan fingerprint density at radius 3 is 2.09 bits per heavy atom. The summed E-state index contributed by atoms with van der Waals surface area (Å²) in [5, 5.41) is 20.1. The number of pyridine rings is 1. The summed E-state index contributed by atoms with van der Waals surface area (Å²) in [4.78, 5) is 41.2. The Morgan fingerprint density at radius 2 is 1.42 bits per heavy atom. The summed E-state index contributed by atoms with van der Waals surface area (Å²) in [6.07, 6.45) is 3.92. The number of ether oxygens (including phenoxy) is 6. The van der Waals surface area contributed by atoms with Gasteiger partial charge < -0.3 is 49.5 Å². The first-order chi connectivity index (χ1) is 27.9. The highest BCUT2D eigenvalue weighted by atomic mass is 16.6. The third-order valence-corrected chi connectivity index (χ3v) is 8.72. The zero-order valence-electron chi connectivity index (χ0n) is 33.0. The van der Waals surface area contributed by atoms with Crippen LogP contribution in [0.4, 0.5) is 5.82 Å². The Balaban J connectivity index is 1.20. The molecule has 14 heteroatoms. The van der Waals surface area contributed by atoms with E-state index in [9.17, 15) is 19.5 Å². The number of benzene rings is 3. The van der Waals surface area contributed by atoms with Crippen molar-refractivity contribution in [1.82, 2.24) is 15.6 Å². The Hall–Kier alpha value is -5.28. The van der Waals surface area contributed by atoms with E-state index in [1.807, 2.05) is 60.7 Å². The molecule has 0 spiro atoms. The fraction of sp³-hybridized carbons (Fsp3) is 0.442. The molecular weight excluding hydrogens is 732 g/mol. The number of carbonyl (C=O) groups excluding carboxylic acids is 2. The Kier molecular flexibility index (Phi) is 20.1. The lowest BCUT2D eigenvalue weighted by molar-refractivity contribution is -0.138. The van der Waals surface area contributed by atoms with E-state index in [4.69, 9.17) is 28.4 Å². The number of fused-ring (bicyclic) bond motifs is 1. The number of hydrogen-bond donors (Lipinski definition) is 4. The highest BCUT2D eigenvalue weighted by molar-refractivity contribution is 6.00. The molecule has 0 aliphatic heterocycles. The number of aliphatic carboxylic acids is 1. The van der Waals surface area contributed by atoms with E-state index >= 15 is 0 Å². The third-order valence-electron chi connectivity index (χ3n) is 8.72. The van der Waals surface area contributed by atoms with Gasteiger partial charge in [0.15, 0.2) is 0 Å². The quantitative estimate of drug-likeness (QED) is 0.0488. The van der Waals surface area contributed by atoms with Gasteiger partial charge in [0.25, 0.3) is 0 Å². The first kappa shape index (κ1) is 44.4. The van der Waals surface area contributed by atoms with Crippen LogP contribution in [0.25, 0.3) is 21.9 Å². The van der Waals surface area contributed by atoms with Gasteiger partial charge in [0.2, 0.25) is 11.8 Å². The van der Waals surface area contributed by atoms with E-state index in [1.54, 1.807) is 25.4 Å². The molecule has 1 aromatic heterocycles. The molecule has 0 saturated carbocycles. The van der Waals surface area contributed by atoms with Gasteiger partial charge in [-0.2, -0.15) is 0 Å². The van der Waals surface area contributed by atoms with E-state index in [1.165, 1.54) is 0 Å². The van der Waals surface area contributed by atoms with Crippen molar-refractivity contribution in [3.63, 3.8) is 0 Å². The van der Waals surface area contributed by atoms with Crippen molar-refractivity contribution in [3.8, 4) is 22.6 Å². The molecule has 2 amide bonds. The number of unbranched alkanes of at least 4 members (excludes halogenated alkanes) is 1. The molecule has 1 heterocycles. The number of hydrogen-bond acceptors (Lipinski definition) is 11. The predicted molar refractivity (Wildman–Crippen MR) is 218 cm³/mol. The number of anilines is 1. The average molecular weight is 789 g/mol. The number of aromatic nitrogens is 1. The molecule has 14 nitrogen and oxygen atoms in total. The second-order valence-corrected chi connectivity index (χ2v) is 13.0. The number of methoxy groups -OCH3 is 1. The van der Waals surface area contributed by atoms with E-state index in [0.29, 0.717) is 83.0 Å². The minimum Gasteiger partial charge on any atom is -0.497 e. The Bertz CT molecular complexity index is 1810. The van der Waals surface area contributed by atoms with Crippen molar-refractivity contribution in [2.45, 2.75) is 45.1 Å². The van der Waals surface area contributed by atoms with Gasteiger partial charge in [0.1, 0.15) is 23.9 Å². The average Bonchev–Trinajstić information content (AvgIpc) is 3.22. The molecule has 0 fully saturated rings. The molecule has 0 aliphatic carbocycles. The molecule has 4 rings (SSSR count). The minimum atomic E-state index is -1.06. The van der Waals surface area contributed by atoms with Crippen molar-refractivity contribution in [1.29, 1.82) is 0 Å². The maximum absolute atomic E-state index is 12.8. The van der Waals surface area contributed by atoms with E-state index in [-0.39, 0.29) is 25.3 Å². The van der Waals surface area contributed by atoms with Gasteiger partial charge in [-0.15, -0.1) is 0 Å². The number of nitrogens with zero attached hydrogens (tertiary/aromatic N) is 1. The van der Waals surface area contributed by atoms with E-state index in [0.717, 1.165) is 47.1 Å². The number of rotatable bonds is 29. The first-order valence-electron chi connectivity index (χ1n) is 19.5. The summed E-state index contributed by atoms with van der Waals surface area (Å²) in [6.45, 7) is 7.08. The fourth-order valence-electron chi connectivity index (χ4n) is 5.86. The van der Waals surface area contributed by atoms with Crippen LogP contribution in [0, 0.1) is 0 Å². The maximum atomic E-state index is 12.8. The molecular formula is C43H56N4O10. The predicted octanol–water partition coefficient (Wildman–Crippen LogP) is 5.80. The molecule has 1 atom stereocenters.